The monoisotopic (exact) mass is 600 g/mol. The predicted octanol–water partition coefficient (Wildman–Crippen LogP) is -0.729. The normalized spacial score (nSPS) is 13.2. The second-order valence-corrected chi connectivity index (χ2v) is 9.10. The Morgan fingerprint density at radius 1 is 0.476 bits per heavy atom. The number of ketones is 5. The van der Waals surface area contributed by atoms with Gasteiger partial charge in [0, 0.05) is 0 Å². The number of ether oxygens (including phenoxy) is 5. The first-order valence-electron chi connectivity index (χ1n) is 12.3. The molecule has 0 saturated carbocycles. The standard InChI is InChI=1S/C26H32O16/c1-13(28)6-20(33)38-12-19(40-22(35)8-15(3)30)26(42-24(37)10-17(5)32)25(41-23(36)9-16(4)31)18(11-27)39-21(34)7-14(2)29/h11,18-19,25-26H,6-10,12H2,1-5H3/t18-,19+,25+,26+/m0/s1. The lowest BCUT2D eigenvalue weighted by Gasteiger charge is -2.34. The summed E-state index contributed by atoms with van der Waals surface area (Å²) < 4.78 is 25.3. The molecule has 16 heteroatoms. The van der Waals surface area contributed by atoms with Crippen LogP contribution in [0.2, 0.25) is 0 Å². The van der Waals surface area contributed by atoms with Crippen LogP contribution < -0.4 is 0 Å². The number of aldehydes is 1. The minimum Gasteiger partial charge on any atom is -0.461 e. The first-order valence-corrected chi connectivity index (χ1v) is 12.3. The molecule has 0 aromatic carbocycles. The fourth-order valence-corrected chi connectivity index (χ4v) is 3.08. The van der Waals surface area contributed by atoms with Gasteiger partial charge in [-0.15, -0.1) is 0 Å². The van der Waals surface area contributed by atoms with E-state index in [1.54, 1.807) is 0 Å². The molecule has 0 radical (unpaired) electrons. The fraction of sp³-hybridized carbons (Fsp3) is 0.577. The number of esters is 5. The van der Waals surface area contributed by atoms with Gasteiger partial charge in [-0.05, 0) is 34.6 Å². The Kier molecular flexibility index (Phi) is 16.6. The molecule has 0 amide bonds. The summed E-state index contributed by atoms with van der Waals surface area (Å²) in [5, 5.41) is 0. The van der Waals surface area contributed by atoms with Crippen molar-refractivity contribution in [3.8, 4) is 0 Å². The van der Waals surface area contributed by atoms with Crippen LogP contribution in [0, 0.1) is 0 Å². The molecule has 0 spiro atoms. The highest BCUT2D eigenvalue weighted by Crippen LogP contribution is 2.21. The lowest BCUT2D eigenvalue weighted by molar-refractivity contribution is -0.204. The first-order chi connectivity index (χ1) is 19.4. The van der Waals surface area contributed by atoms with E-state index in [0.717, 1.165) is 34.6 Å². The molecule has 0 aromatic heterocycles. The average molecular weight is 601 g/mol. The minimum absolute atomic E-state index is 0.0915. The summed E-state index contributed by atoms with van der Waals surface area (Å²) in [6, 6.07) is 0. The van der Waals surface area contributed by atoms with Gasteiger partial charge >= 0.3 is 29.8 Å². The van der Waals surface area contributed by atoms with Crippen LogP contribution in [0.15, 0.2) is 0 Å². The van der Waals surface area contributed by atoms with Crippen LogP contribution in [0.25, 0.3) is 0 Å². The average Bonchev–Trinajstić information content (AvgIpc) is 2.80. The van der Waals surface area contributed by atoms with Gasteiger partial charge in [0.25, 0.3) is 0 Å². The topological polar surface area (TPSA) is 234 Å². The van der Waals surface area contributed by atoms with E-state index < -0.39 is 122 Å². The maximum atomic E-state index is 12.5. The van der Waals surface area contributed by atoms with E-state index in [0.29, 0.717) is 0 Å². The largest absolute Gasteiger partial charge is 0.461 e. The molecule has 0 unspecified atom stereocenters. The highest BCUT2D eigenvalue weighted by molar-refractivity contribution is 5.96. The predicted molar refractivity (Wildman–Crippen MR) is 133 cm³/mol. The Morgan fingerprint density at radius 2 is 0.810 bits per heavy atom. The molecule has 0 aliphatic carbocycles. The van der Waals surface area contributed by atoms with E-state index >= 15 is 0 Å². The third-order valence-electron chi connectivity index (χ3n) is 4.61. The van der Waals surface area contributed by atoms with Gasteiger partial charge in [0.15, 0.2) is 30.7 Å². The molecule has 4 atom stereocenters. The smallest absolute Gasteiger partial charge is 0.314 e. The zero-order chi connectivity index (χ0) is 32.6. The second-order valence-electron chi connectivity index (χ2n) is 9.10. The molecule has 0 rings (SSSR count). The number of carbonyl (C=O) groups is 11. The van der Waals surface area contributed by atoms with E-state index in [4.69, 9.17) is 23.7 Å². The summed E-state index contributed by atoms with van der Waals surface area (Å²) in [7, 11) is 0. The summed E-state index contributed by atoms with van der Waals surface area (Å²) in [4.78, 5) is 131. The van der Waals surface area contributed by atoms with Crippen molar-refractivity contribution in [2.75, 3.05) is 6.61 Å². The number of carbonyl (C=O) groups excluding carboxylic acids is 11. The Labute approximate surface area is 239 Å². The maximum absolute atomic E-state index is 12.5. The third-order valence-corrected chi connectivity index (χ3v) is 4.61. The molecule has 0 aromatic rings. The van der Waals surface area contributed by atoms with Crippen molar-refractivity contribution in [3.05, 3.63) is 0 Å². The van der Waals surface area contributed by atoms with Crippen LogP contribution in [0.1, 0.15) is 66.7 Å². The number of hydrogen-bond donors (Lipinski definition) is 0. The summed E-state index contributed by atoms with van der Waals surface area (Å²) in [5.41, 5.74) is 0. The van der Waals surface area contributed by atoms with Crippen LogP contribution in [-0.2, 0) is 76.4 Å². The summed E-state index contributed by atoms with van der Waals surface area (Å²) in [6.07, 6.45) is -12.9. The van der Waals surface area contributed by atoms with Crippen molar-refractivity contribution in [2.24, 2.45) is 0 Å². The molecule has 0 bridgehead atoms. The highest BCUT2D eigenvalue weighted by Gasteiger charge is 2.45. The summed E-state index contributed by atoms with van der Waals surface area (Å²) in [5.74, 6) is -9.81. The molecule has 16 nitrogen and oxygen atoms in total. The molecule has 0 saturated heterocycles. The van der Waals surface area contributed by atoms with Gasteiger partial charge in [-0.3, -0.25) is 52.7 Å². The van der Waals surface area contributed by atoms with Crippen LogP contribution in [0.5, 0.6) is 0 Å². The van der Waals surface area contributed by atoms with Crippen molar-refractivity contribution in [3.63, 3.8) is 0 Å². The van der Waals surface area contributed by atoms with Crippen LogP contribution in [0.3, 0.4) is 0 Å². The lowest BCUT2D eigenvalue weighted by atomic mass is 10.0. The molecular weight excluding hydrogens is 568 g/mol. The van der Waals surface area contributed by atoms with Crippen molar-refractivity contribution in [1.29, 1.82) is 0 Å². The Morgan fingerprint density at radius 3 is 1.19 bits per heavy atom. The maximum Gasteiger partial charge on any atom is 0.314 e. The summed E-state index contributed by atoms with van der Waals surface area (Å²) >= 11 is 0. The van der Waals surface area contributed by atoms with Crippen LogP contribution >= 0.6 is 0 Å². The third kappa shape index (κ3) is 16.5. The van der Waals surface area contributed by atoms with Crippen LogP contribution in [-0.4, -0.2) is 96.1 Å². The molecule has 0 fully saturated rings. The van der Waals surface area contributed by atoms with Crippen LogP contribution in [0.4, 0.5) is 0 Å². The second kappa shape index (κ2) is 18.7. The quantitative estimate of drug-likeness (QED) is 0.0725. The van der Waals surface area contributed by atoms with Gasteiger partial charge in [-0.25, -0.2) is 0 Å². The van der Waals surface area contributed by atoms with Gasteiger partial charge in [-0.1, -0.05) is 0 Å². The number of Topliss-reactive ketones (excluding diaryl/α,β-unsaturated/α-hetero) is 5. The van der Waals surface area contributed by atoms with Gasteiger partial charge in [0.2, 0.25) is 0 Å². The Hall–Kier alpha value is -4.63. The zero-order valence-corrected chi connectivity index (χ0v) is 23.7. The van der Waals surface area contributed by atoms with Gasteiger partial charge < -0.3 is 23.7 Å². The van der Waals surface area contributed by atoms with E-state index in [1.165, 1.54) is 0 Å². The van der Waals surface area contributed by atoms with E-state index in [1.807, 2.05) is 0 Å². The molecule has 232 valence electrons. The molecule has 0 heterocycles. The molecule has 0 N–H and O–H groups in total. The van der Waals surface area contributed by atoms with E-state index in [9.17, 15) is 52.7 Å². The Balaban J connectivity index is 6.90. The number of rotatable bonds is 20. The van der Waals surface area contributed by atoms with Gasteiger partial charge in [0.1, 0.15) is 67.6 Å². The molecule has 0 aliphatic heterocycles. The molecule has 42 heavy (non-hydrogen) atoms. The van der Waals surface area contributed by atoms with Gasteiger partial charge in [-0.2, -0.15) is 0 Å². The molecule has 0 aliphatic rings. The zero-order valence-electron chi connectivity index (χ0n) is 23.7. The van der Waals surface area contributed by atoms with Gasteiger partial charge in [0.05, 0.1) is 0 Å². The van der Waals surface area contributed by atoms with E-state index in [2.05, 4.69) is 0 Å². The van der Waals surface area contributed by atoms with Crippen molar-refractivity contribution < 1.29 is 76.4 Å². The van der Waals surface area contributed by atoms with Crippen molar-refractivity contribution in [2.45, 2.75) is 91.1 Å². The number of hydrogen-bond acceptors (Lipinski definition) is 16. The first kappa shape index (κ1) is 37.4. The summed E-state index contributed by atoms with van der Waals surface area (Å²) in [6.45, 7) is 4.09. The Bertz CT molecular complexity index is 1100. The van der Waals surface area contributed by atoms with E-state index in [-0.39, 0.29) is 6.29 Å². The van der Waals surface area contributed by atoms with Crippen molar-refractivity contribution in [1.82, 2.24) is 0 Å². The molecular formula is C26H32O16. The lowest BCUT2D eigenvalue weighted by Crippen LogP contribution is -2.54. The minimum atomic E-state index is -2.22. The SMILES string of the molecule is CC(=O)CC(=O)OC[C@@H](OC(=O)CC(C)=O)[C@@H](OC(=O)CC(C)=O)[C@H](OC(=O)CC(C)=O)[C@H](C=O)OC(=O)CC(C)=O. The highest BCUT2D eigenvalue weighted by atomic mass is 16.6. The fourth-order valence-electron chi connectivity index (χ4n) is 3.08. The van der Waals surface area contributed by atoms with Crippen molar-refractivity contribution >= 4 is 65.0 Å².